The van der Waals surface area contributed by atoms with Crippen molar-refractivity contribution in [3.63, 3.8) is 0 Å². The predicted octanol–water partition coefficient (Wildman–Crippen LogP) is 2.96. The summed E-state index contributed by atoms with van der Waals surface area (Å²) < 4.78 is 4.85. The minimum absolute atomic E-state index is 0.0227. The molecule has 0 spiro atoms. The summed E-state index contributed by atoms with van der Waals surface area (Å²) in [6.07, 6.45) is 3.40. The Morgan fingerprint density at radius 1 is 1.35 bits per heavy atom. The van der Waals surface area contributed by atoms with E-state index in [0.29, 0.717) is 17.5 Å². The monoisotopic (exact) mass is 318 g/mol. The van der Waals surface area contributed by atoms with Gasteiger partial charge in [0.15, 0.2) is 0 Å². The molecule has 0 fully saturated rings. The van der Waals surface area contributed by atoms with Gasteiger partial charge in [-0.3, -0.25) is 14.9 Å². The van der Waals surface area contributed by atoms with Crippen molar-refractivity contribution >= 4 is 22.6 Å². The maximum absolute atomic E-state index is 12.5. The lowest BCUT2D eigenvalue weighted by Gasteiger charge is -2.07. The molecule has 7 heteroatoms. The van der Waals surface area contributed by atoms with E-state index in [1.165, 1.54) is 18.3 Å². The van der Waals surface area contributed by atoms with Gasteiger partial charge in [-0.1, -0.05) is 13.3 Å². The molecular weight excluding hydrogens is 300 g/mol. The van der Waals surface area contributed by atoms with E-state index >= 15 is 0 Å². The summed E-state index contributed by atoms with van der Waals surface area (Å²) in [5.41, 5.74) is 0.218. The maximum atomic E-state index is 12.5. The number of pyridine rings is 1. The predicted molar refractivity (Wildman–Crippen MR) is 85.8 cm³/mol. The third-order valence-electron chi connectivity index (χ3n) is 3.57. The number of unbranched alkanes of at least 4 members (excludes halogenated alkanes) is 1. The molecule has 1 heterocycles. The summed E-state index contributed by atoms with van der Waals surface area (Å²) in [7, 11) is 0. The number of benzene rings is 1. The zero-order chi connectivity index (χ0) is 17.0. The van der Waals surface area contributed by atoms with Crippen LogP contribution in [-0.4, -0.2) is 22.5 Å². The number of nitrogens with one attached hydrogen (secondary N) is 1. The van der Waals surface area contributed by atoms with Crippen molar-refractivity contribution in [1.29, 1.82) is 0 Å². The fraction of sp³-hybridized carbons (Fsp3) is 0.375. The van der Waals surface area contributed by atoms with Gasteiger partial charge >= 0.3 is 5.97 Å². The number of rotatable bonds is 6. The summed E-state index contributed by atoms with van der Waals surface area (Å²) in [5, 5.41) is 11.5. The molecule has 0 aliphatic heterocycles. The van der Waals surface area contributed by atoms with Gasteiger partial charge in [0.05, 0.1) is 17.0 Å². The molecule has 2 rings (SSSR count). The average molecular weight is 318 g/mol. The minimum atomic E-state index is -0.705. The highest BCUT2D eigenvalue weighted by atomic mass is 16.6. The molecule has 0 amide bonds. The number of hydrogen-bond donors (Lipinski definition) is 1. The number of nitro groups is 1. The maximum Gasteiger partial charge on any atom is 0.343 e. The van der Waals surface area contributed by atoms with Crippen LogP contribution in [0.4, 0.5) is 5.69 Å². The Kier molecular flexibility index (Phi) is 5.10. The van der Waals surface area contributed by atoms with Crippen LogP contribution in [0.15, 0.2) is 23.1 Å². The first-order valence-corrected chi connectivity index (χ1v) is 7.49. The van der Waals surface area contributed by atoms with E-state index in [4.69, 9.17) is 4.74 Å². The molecule has 0 unspecified atom stereocenters. The number of carbonyl (C=O) groups excluding carboxylic acids is 1. The van der Waals surface area contributed by atoms with Gasteiger partial charge < -0.3 is 9.72 Å². The lowest BCUT2D eigenvalue weighted by Crippen LogP contribution is -2.18. The SMILES string of the molecule is CCCCc1cc2c(=O)c(C(=O)OCC)c[nH]c2cc1[N+](=O)[O-]. The number of hydrogen-bond acceptors (Lipinski definition) is 5. The van der Waals surface area contributed by atoms with Gasteiger partial charge in [-0.05, 0) is 25.8 Å². The zero-order valence-corrected chi connectivity index (χ0v) is 13.0. The molecule has 0 bridgehead atoms. The third-order valence-corrected chi connectivity index (χ3v) is 3.57. The first-order valence-electron chi connectivity index (χ1n) is 7.49. The van der Waals surface area contributed by atoms with Crippen LogP contribution >= 0.6 is 0 Å². The van der Waals surface area contributed by atoms with Crippen molar-refractivity contribution in [3.05, 3.63) is 49.8 Å². The molecule has 0 aliphatic rings. The van der Waals surface area contributed by atoms with Gasteiger partial charge in [0, 0.05) is 23.2 Å². The Balaban J connectivity index is 2.64. The molecule has 23 heavy (non-hydrogen) atoms. The molecule has 0 saturated carbocycles. The molecule has 1 aromatic carbocycles. The third kappa shape index (κ3) is 3.39. The first kappa shape index (κ1) is 16.7. The van der Waals surface area contributed by atoms with Crippen LogP contribution < -0.4 is 5.43 Å². The smallest absolute Gasteiger partial charge is 0.343 e. The average Bonchev–Trinajstić information content (AvgIpc) is 2.52. The van der Waals surface area contributed by atoms with Crippen LogP contribution in [0.25, 0.3) is 10.9 Å². The van der Waals surface area contributed by atoms with Crippen LogP contribution in [0.1, 0.15) is 42.6 Å². The molecule has 0 aliphatic carbocycles. The van der Waals surface area contributed by atoms with Crippen LogP contribution in [0, 0.1) is 10.1 Å². The van der Waals surface area contributed by atoms with Gasteiger partial charge in [-0.25, -0.2) is 4.79 Å². The summed E-state index contributed by atoms with van der Waals surface area (Å²) in [4.78, 5) is 37.8. The summed E-state index contributed by atoms with van der Waals surface area (Å²) in [6, 6.07) is 2.85. The second-order valence-electron chi connectivity index (χ2n) is 5.14. The summed E-state index contributed by atoms with van der Waals surface area (Å²) in [5.74, 6) is -0.705. The standard InChI is InChI=1S/C16H18N2O5/c1-3-5-6-10-7-11-13(8-14(10)18(21)22)17-9-12(15(11)19)16(20)23-4-2/h7-9H,3-6H2,1-2H3,(H,17,19). The Bertz CT molecular complexity index is 810. The molecule has 7 nitrogen and oxygen atoms in total. The molecule has 1 N–H and O–H groups in total. The van der Waals surface area contributed by atoms with Crippen LogP contribution in [0.5, 0.6) is 0 Å². The van der Waals surface area contributed by atoms with E-state index in [2.05, 4.69) is 4.98 Å². The molecular formula is C16H18N2O5. The number of nitrogens with zero attached hydrogens (tertiary/aromatic N) is 1. The topological polar surface area (TPSA) is 102 Å². The normalized spacial score (nSPS) is 10.7. The largest absolute Gasteiger partial charge is 0.462 e. The molecule has 122 valence electrons. The van der Waals surface area contributed by atoms with E-state index < -0.39 is 16.3 Å². The second-order valence-corrected chi connectivity index (χ2v) is 5.14. The molecule has 2 aromatic rings. The highest BCUT2D eigenvalue weighted by molar-refractivity contribution is 5.94. The van der Waals surface area contributed by atoms with E-state index in [0.717, 1.165) is 12.8 Å². The van der Waals surface area contributed by atoms with Crippen molar-refractivity contribution in [2.75, 3.05) is 6.61 Å². The van der Waals surface area contributed by atoms with Crippen molar-refractivity contribution in [2.45, 2.75) is 33.1 Å². The van der Waals surface area contributed by atoms with Gasteiger partial charge in [-0.2, -0.15) is 0 Å². The highest BCUT2D eigenvalue weighted by Crippen LogP contribution is 2.25. The Hall–Kier alpha value is -2.70. The van der Waals surface area contributed by atoms with Gasteiger partial charge in [-0.15, -0.1) is 0 Å². The number of ether oxygens (including phenoxy) is 1. The van der Waals surface area contributed by atoms with Gasteiger partial charge in [0.25, 0.3) is 5.69 Å². The fourth-order valence-corrected chi connectivity index (χ4v) is 2.40. The number of aryl methyl sites for hydroxylation is 1. The number of aromatic nitrogens is 1. The van der Waals surface area contributed by atoms with Crippen molar-refractivity contribution in [1.82, 2.24) is 4.98 Å². The Morgan fingerprint density at radius 3 is 2.70 bits per heavy atom. The van der Waals surface area contributed by atoms with E-state index in [1.54, 1.807) is 6.92 Å². The summed E-state index contributed by atoms with van der Waals surface area (Å²) in [6.45, 7) is 3.80. The van der Waals surface area contributed by atoms with E-state index in [-0.39, 0.29) is 23.2 Å². The Morgan fingerprint density at radius 2 is 2.09 bits per heavy atom. The molecule has 0 radical (unpaired) electrons. The molecule has 1 aromatic heterocycles. The fourth-order valence-electron chi connectivity index (χ4n) is 2.40. The highest BCUT2D eigenvalue weighted by Gasteiger charge is 2.19. The summed E-state index contributed by atoms with van der Waals surface area (Å²) >= 11 is 0. The number of H-pyrrole nitrogens is 1. The van der Waals surface area contributed by atoms with E-state index in [9.17, 15) is 19.7 Å². The number of carbonyl (C=O) groups is 1. The van der Waals surface area contributed by atoms with Crippen molar-refractivity contribution in [2.24, 2.45) is 0 Å². The minimum Gasteiger partial charge on any atom is -0.462 e. The number of fused-ring (bicyclic) bond motifs is 1. The van der Waals surface area contributed by atoms with Crippen LogP contribution in [-0.2, 0) is 11.2 Å². The molecule has 0 atom stereocenters. The van der Waals surface area contributed by atoms with Gasteiger partial charge in [0.2, 0.25) is 5.43 Å². The van der Waals surface area contributed by atoms with Crippen molar-refractivity contribution in [3.8, 4) is 0 Å². The van der Waals surface area contributed by atoms with Gasteiger partial charge in [0.1, 0.15) is 5.56 Å². The quantitative estimate of drug-likeness (QED) is 0.501. The first-order chi connectivity index (χ1) is 11.0. The number of nitro benzene ring substituents is 1. The lowest BCUT2D eigenvalue weighted by molar-refractivity contribution is -0.385. The number of aromatic amines is 1. The number of esters is 1. The molecule has 0 saturated heterocycles. The van der Waals surface area contributed by atoms with Crippen LogP contribution in [0.2, 0.25) is 0 Å². The second kappa shape index (κ2) is 7.04. The van der Waals surface area contributed by atoms with Crippen LogP contribution in [0.3, 0.4) is 0 Å². The lowest BCUT2D eigenvalue weighted by atomic mass is 10.0. The van der Waals surface area contributed by atoms with Crippen molar-refractivity contribution < 1.29 is 14.5 Å². The Labute approximate surface area is 132 Å². The zero-order valence-electron chi connectivity index (χ0n) is 13.0. The van der Waals surface area contributed by atoms with E-state index in [1.807, 2.05) is 6.92 Å².